The molecule has 0 radical (unpaired) electrons. The Morgan fingerprint density at radius 3 is 2.85 bits per heavy atom. The largest absolute Gasteiger partial charge is 0.394 e. The molecule has 10 heteroatoms. The fourth-order valence-electron chi connectivity index (χ4n) is 2.32. The molecule has 0 saturated carbocycles. The van der Waals surface area contributed by atoms with Crippen molar-refractivity contribution in [3.63, 3.8) is 0 Å². The van der Waals surface area contributed by atoms with E-state index in [0.29, 0.717) is 11.5 Å². The van der Waals surface area contributed by atoms with Gasteiger partial charge in [-0.3, -0.25) is 4.57 Å². The number of nitrogens with zero attached hydrogens (tertiary/aromatic N) is 3. The predicted octanol–water partition coefficient (Wildman–Crippen LogP) is -1.53. The number of anilines is 1. The lowest BCUT2D eigenvalue weighted by atomic mass is 10.1. The topological polar surface area (TPSA) is 138 Å². The Hall–Kier alpha value is -1.39. The standard InChI is InChI=1S/C10H14ClN5O4/c11-7-4-8(15-10(12)14-7)16(2-13-4)9-6(19)5(18)3(1-17)20-9/h2-3,5-7,9,17-19H,1H2,(H3,12,14,15)/t3-,5-,6-,7+,9-/m0/s1. The first-order valence-corrected chi connectivity index (χ1v) is 6.40. The van der Waals surface area contributed by atoms with Gasteiger partial charge in [-0.25, -0.2) is 9.98 Å². The fourth-order valence-corrected chi connectivity index (χ4v) is 2.58. The quantitative estimate of drug-likeness (QED) is 0.330. The molecule has 0 spiro atoms. The molecule has 1 fully saturated rings. The summed E-state index contributed by atoms with van der Waals surface area (Å²) >= 11 is 6.01. The van der Waals surface area contributed by atoms with Crippen molar-refractivity contribution in [2.75, 3.05) is 11.9 Å². The van der Waals surface area contributed by atoms with Gasteiger partial charge in [0.2, 0.25) is 0 Å². The number of aliphatic imine (C=N–C) groups is 1. The van der Waals surface area contributed by atoms with E-state index in [0.717, 1.165) is 0 Å². The highest BCUT2D eigenvalue weighted by atomic mass is 35.5. The van der Waals surface area contributed by atoms with Gasteiger partial charge in [-0.1, -0.05) is 11.6 Å². The number of aliphatic hydroxyl groups is 3. The maximum atomic E-state index is 10.0. The van der Waals surface area contributed by atoms with Crippen molar-refractivity contribution in [2.24, 2.45) is 10.7 Å². The zero-order valence-electron chi connectivity index (χ0n) is 10.2. The van der Waals surface area contributed by atoms with Gasteiger partial charge in [0.05, 0.1) is 12.9 Å². The lowest BCUT2D eigenvalue weighted by Crippen LogP contribution is -2.34. The number of nitrogens with one attached hydrogen (secondary N) is 1. The van der Waals surface area contributed by atoms with Crippen LogP contribution in [0.4, 0.5) is 5.82 Å². The van der Waals surface area contributed by atoms with E-state index in [1.54, 1.807) is 0 Å². The summed E-state index contributed by atoms with van der Waals surface area (Å²) < 4.78 is 6.89. The molecule has 1 aromatic heterocycles. The highest BCUT2D eigenvalue weighted by molar-refractivity contribution is 6.22. The lowest BCUT2D eigenvalue weighted by molar-refractivity contribution is -0.0518. The Balaban J connectivity index is 1.94. The second-order valence-electron chi connectivity index (χ2n) is 4.59. The summed E-state index contributed by atoms with van der Waals surface area (Å²) in [6.07, 6.45) is -2.76. The Morgan fingerprint density at radius 1 is 1.45 bits per heavy atom. The van der Waals surface area contributed by atoms with Crippen LogP contribution in [0, 0.1) is 0 Å². The third kappa shape index (κ3) is 1.95. The van der Waals surface area contributed by atoms with Crippen molar-refractivity contribution in [1.29, 1.82) is 0 Å². The average molecular weight is 304 g/mol. The molecule has 0 bridgehead atoms. The van der Waals surface area contributed by atoms with E-state index in [9.17, 15) is 10.2 Å². The molecule has 6 N–H and O–H groups in total. The number of alkyl halides is 1. The molecule has 1 aromatic rings. The second kappa shape index (κ2) is 4.86. The SMILES string of the molecule is NC1=N[C@@H](Cl)c2ncn([C@H]3O[C@@H](CO)[C@H](O)[C@@H]3O)c2N1. The molecule has 0 aromatic carbocycles. The Labute approximate surface area is 118 Å². The minimum Gasteiger partial charge on any atom is -0.394 e. The minimum absolute atomic E-state index is 0.117. The fraction of sp³-hybridized carbons (Fsp3) is 0.600. The number of ether oxygens (including phenoxy) is 1. The third-order valence-corrected chi connectivity index (χ3v) is 3.64. The Kier molecular flexibility index (Phi) is 3.30. The summed E-state index contributed by atoms with van der Waals surface area (Å²) in [5, 5.41) is 31.7. The first-order valence-electron chi connectivity index (χ1n) is 5.96. The summed E-state index contributed by atoms with van der Waals surface area (Å²) in [7, 11) is 0. The van der Waals surface area contributed by atoms with Crippen LogP contribution in [0.1, 0.15) is 17.4 Å². The van der Waals surface area contributed by atoms with Gasteiger partial charge in [-0.15, -0.1) is 0 Å². The van der Waals surface area contributed by atoms with E-state index in [4.69, 9.17) is 27.2 Å². The smallest absolute Gasteiger partial charge is 0.196 e. The number of halogens is 1. The van der Waals surface area contributed by atoms with Crippen LogP contribution in [0.15, 0.2) is 11.3 Å². The van der Waals surface area contributed by atoms with Crippen molar-refractivity contribution in [2.45, 2.75) is 30.0 Å². The highest BCUT2D eigenvalue weighted by Gasteiger charge is 2.44. The van der Waals surface area contributed by atoms with Crippen molar-refractivity contribution in [1.82, 2.24) is 9.55 Å². The molecule has 9 nitrogen and oxygen atoms in total. The van der Waals surface area contributed by atoms with Crippen molar-refractivity contribution >= 4 is 23.4 Å². The molecule has 2 aliphatic heterocycles. The van der Waals surface area contributed by atoms with Gasteiger partial charge in [-0.2, -0.15) is 0 Å². The molecule has 0 amide bonds. The maximum absolute atomic E-state index is 10.0. The average Bonchev–Trinajstić information content (AvgIpc) is 2.93. The number of aromatic nitrogens is 2. The van der Waals surface area contributed by atoms with Gasteiger partial charge in [0.15, 0.2) is 17.7 Å². The molecular weight excluding hydrogens is 290 g/mol. The molecule has 3 rings (SSSR count). The normalized spacial score (nSPS) is 36.4. The van der Waals surface area contributed by atoms with Crippen molar-refractivity contribution in [3.8, 4) is 0 Å². The Morgan fingerprint density at radius 2 is 2.20 bits per heavy atom. The van der Waals surface area contributed by atoms with Gasteiger partial charge in [0.25, 0.3) is 0 Å². The van der Waals surface area contributed by atoms with Gasteiger partial charge in [-0.05, 0) is 0 Å². The summed E-state index contributed by atoms with van der Waals surface area (Å²) in [6.45, 7) is -0.402. The van der Waals surface area contributed by atoms with Crippen LogP contribution < -0.4 is 11.1 Å². The van der Waals surface area contributed by atoms with Crippen LogP contribution in [-0.2, 0) is 4.74 Å². The molecule has 20 heavy (non-hydrogen) atoms. The van der Waals surface area contributed by atoms with E-state index in [1.807, 2.05) is 0 Å². The van der Waals surface area contributed by atoms with E-state index in [-0.39, 0.29) is 5.96 Å². The van der Waals surface area contributed by atoms with Gasteiger partial charge < -0.3 is 31.1 Å². The molecule has 0 aliphatic carbocycles. The summed E-state index contributed by atoms with van der Waals surface area (Å²) in [5.41, 5.74) is 5.31. The van der Waals surface area contributed by atoms with Crippen LogP contribution in [0.3, 0.4) is 0 Å². The summed E-state index contributed by atoms with van der Waals surface area (Å²) in [5.74, 6) is 0.554. The minimum atomic E-state index is -1.21. The molecule has 110 valence electrons. The van der Waals surface area contributed by atoms with Crippen LogP contribution in [0.5, 0.6) is 0 Å². The zero-order chi connectivity index (χ0) is 14.4. The number of hydrogen-bond donors (Lipinski definition) is 5. The number of imidazole rings is 1. The molecule has 5 atom stereocenters. The summed E-state index contributed by atoms with van der Waals surface area (Å²) in [6, 6.07) is 0. The first-order chi connectivity index (χ1) is 9.52. The second-order valence-corrected chi connectivity index (χ2v) is 5.00. The summed E-state index contributed by atoms with van der Waals surface area (Å²) in [4.78, 5) is 8.01. The van der Waals surface area contributed by atoms with E-state index >= 15 is 0 Å². The van der Waals surface area contributed by atoms with Crippen molar-refractivity contribution in [3.05, 3.63) is 12.0 Å². The monoisotopic (exact) mass is 303 g/mol. The van der Waals surface area contributed by atoms with Crippen LogP contribution in [0.25, 0.3) is 0 Å². The maximum Gasteiger partial charge on any atom is 0.196 e. The Bertz CT molecular complexity index is 550. The van der Waals surface area contributed by atoms with E-state index < -0.39 is 36.6 Å². The van der Waals surface area contributed by atoms with Gasteiger partial charge >= 0.3 is 0 Å². The van der Waals surface area contributed by atoms with Crippen LogP contribution >= 0.6 is 11.6 Å². The third-order valence-electron chi connectivity index (χ3n) is 3.34. The van der Waals surface area contributed by atoms with E-state index in [2.05, 4.69) is 15.3 Å². The number of guanidine groups is 1. The van der Waals surface area contributed by atoms with Crippen LogP contribution in [-0.4, -0.2) is 55.7 Å². The molecular formula is C10H14ClN5O4. The number of rotatable bonds is 2. The number of hydrogen-bond acceptors (Lipinski definition) is 8. The molecule has 0 unspecified atom stereocenters. The van der Waals surface area contributed by atoms with E-state index in [1.165, 1.54) is 10.9 Å². The van der Waals surface area contributed by atoms with Crippen LogP contribution in [0.2, 0.25) is 0 Å². The first kappa shape index (κ1) is 13.6. The van der Waals surface area contributed by atoms with Gasteiger partial charge in [0.1, 0.15) is 29.8 Å². The molecule has 1 saturated heterocycles. The zero-order valence-corrected chi connectivity index (χ0v) is 11.0. The predicted molar refractivity (Wildman–Crippen MR) is 69.1 cm³/mol. The van der Waals surface area contributed by atoms with Gasteiger partial charge in [0, 0.05) is 0 Å². The molecule has 2 aliphatic rings. The molecule has 3 heterocycles. The van der Waals surface area contributed by atoms with Crippen molar-refractivity contribution < 1.29 is 20.1 Å². The number of nitrogens with two attached hydrogens (primary N) is 1. The number of fused-ring (bicyclic) bond motifs is 1. The lowest BCUT2D eigenvalue weighted by Gasteiger charge is -2.22. The number of aliphatic hydroxyl groups excluding tert-OH is 3. The highest BCUT2D eigenvalue weighted by Crippen LogP contribution is 2.37.